The van der Waals surface area contributed by atoms with E-state index in [0.29, 0.717) is 12.5 Å². The summed E-state index contributed by atoms with van der Waals surface area (Å²) in [6, 6.07) is 0. The van der Waals surface area contributed by atoms with Gasteiger partial charge in [-0.3, -0.25) is 4.99 Å². The molecule has 1 rings (SSSR count). The van der Waals surface area contributed by atoms with Gasteiger partial charge >= 0.3 is 0 Å². The summed E-state index contributed by atoms with van der Waals surface area (Å²) >= 11 is 0. The fourth-order valence-corrected chi connectivity index (χ4v) is 1.85. The van der Waals surface area contributed by atoms with Gasteiger partial charge in [-0.2, -0.15) is 0 Å². The predicted molar refractivity (Wildman–Crippen MR) is 69.2 cm³/mol. The van der Waals surface area contributed by atoms with E-state index in [1.807, 2.05) is 0 Å². The van der Waals surface area contributed by atoms with Crippen LogP contribution in [0.5, 0.6) is 0 Å². The zero-order valence-corrected chi connectivity index (χ0v) is 11.0. The summed E-state index contributed by atoms with van der Waals surface area (Å²) < 4.78 is 10.9. The number of nitrogens with two attached hydrogens (primary N) is 1. The molecule has 0 atom stereocenters. The van der Waals surface area contributed by atoms with Gasteiger partial charge in [0.25, 0.3) is 0 Å². The molecule has 0 aromatic carbocycles. The highest BCUT2D eigenvalue weighted by atomic mass is 16.5. The van der Waals surface area contributed by atoms with Crippen LogP contribution in [0.3, 0.4) is 0 Å². The molecule has 3 N–H and O–H groups in total. The van der Waals surface area contributed by atoms with Crippen LogP contribution in [-0.2, 0) is 9.47 Å². The van der Waals surface area contributed by atoms with Crippen LogP contribution in [0.25, 0.3) is 0 Å². The lowest BCUT2D eigenvalue weighted by molar-refractivity contribution is -0.0828. The molecule has 1 fully saturated rings. The van der Waals surface area contributed by atoms with Gasteiger partial charge in [0.2, 0.25) is 0 Å². The lowest BCUT2D eigenvalue weighted by Crippen LogP contribution is -2.42. The highest BCUT2D eigenvalue weighted by molar-refractivity contribution is 5.77. The van der Waals surface area contributed by atoms with E-state index in [4.69, 9.17) is 15.2 Å². The molecule has 1 heterocycles. The lowest BCUT2D eigenvalue weighted by Gasteiger charge is -2.34. The van der Waals surface area contributed by atoms with Crippen molar-refractivity contribution in [1.29, 1.82) is 0 Å². The number of hydrogen-bond donors (Lipinski definition) is 2. The van der Waals surface area contributed by atoms with Gasteiger partial charge in [-0.1, -0.05) is 13.3 Å². The summed E-state index contributed by atoms with van der Waals surface area (Å²) in [6.45, 7) is 5.13. The molecular formula is C12H25N3O2. The molecular weight excluding hydrogens is 218 g/mol. The Hall–Kier alpha value is -0.810. The molecule has 0 aromatic heterocycles. The molecule has 1 aliphatic rings. The SMILES string of the molecule is CCCCNC(N)=NCC1(OC)CCOCC1. The molecule has 5 nitrogen and oxygen atoms in total. The first-order valence-electron chi connectivity index (χ1n) is 6.39. The first-order chi connectivity index (χ1) is 8.22. The molecule has 100 valence electrons. The smallest absolute Gasteiger partial charge is 0.188 e. The van der Waals surface area contributed by atoms with Gasteiger partial charge in [0.15, 0.2) is 5.96 Å². The standard InChI is InChI=1S/C12H25N3O2/c1-3-4-7-14-11(13)15-10-12(16-2)5-8-17-9-6-12/h3-10H2,1-2H3,(H3,13,14,15). The Kier molecular flexibility index (Phi) is 6.29. The second-order valence-electron chi connectivity index (χ2n) is 4.48. The monoisotopic (exact) mass is 243 g/mol. The van der Waals surface area contributed by atoms with Crippen LogP contribution in [-0.4, -0.2) is 45.0 Å². The number of ether oxygens (including phenoxy) is 2. The number of rotatable bonds is 6. The Balaban J connectivity index is 2.37. The summed E-state index contributed by atoms with van der Waals surface area (Å²) in [5, 5.41) is 3.11. The lowest BCUT2D eigenvalue weighted by atomic mass is 9.94. The van der Waals surface area contributed by atoms with Crippen molar-refractivity contribution in [2.75, 3.05) is 33.4 Å². The largest absolute Gasteiger partial charge is 0.381 e. The number of aliphatic imine (C=N–C) groups is 1. The van der Waals surface area contributed by atoms with Crippen LogP contribution < -0.4 is 11.1 Å². The van der Waals surface area contributed by atoms with Crippen LogP contribution in [0, 0.1) is 0 Å². The van der Waals surface area contributed by atoms with Crippen molar-refractivity contribution in [2.24, 2.45) is 10.7 Å². The van der Waals surface area contributed by atoms with E-state index in [1.165, 1.54) is 0 Å². The minimum atomic E-state index is -0.185. The predicted octanol–water partition coefficient (Wildman–Crippen LogP) is 0.886. The zero-order valence-electron chi connectivity index (χ0n) is 11.0. The van der Waals surface area contributed by atoms with Gasteiger partial charge in [-0.25, -0.2) is 0 Å². The average molecular weight is 243 g/mol. The summed E-state index contributed by atoms with van der Waals surface area (Å²) in [7, 11) is 1.74. The van der Waals surface area contributed by atoms with E-state index < -0.39 is 0 Å². The third-order valence-electron chi connectivity index (χ3n) is 3.21. The fourth-order valence-electron chi connectivity index (χ4n) is 1.85. The van der Waals surface area contributed by atoms with Crippen molar-refractivity contribution in [2.45, 2.75) is 38.2 Å². The number of unbranched alkanes of at least 4 members (excludes halogenated alkanes) is 1. The molecule has 1 saturated heterocycles. The van der Waals surface area contributed by atoms with Gasteiger partial charge in [0.1, 0.15) is 0 Å². The minimum absolute atomic E-state index is 0.185. The molecule has 0 bridgehead atoms. The molecule has 0 amide bonds. The molecule has 5 heteroatoms. The van der Waals surface area contributed by atoms with Gasteiger partial charge in [0.05, 0.1) is 12.1 Å². The van der Waals surface area contributed by atoms with E-state index in [-0.39, 0.29) is 5.60 Å². The van der Waals surface area contributed by atoms with Crippen molar-refractivity contribution in [1.82, 2.24) is 5.32 Å². The summed E-state index contributed by atoms with van der Waals surface area (Å²) in [5.41, 5.74) is 5.61. The van der Waals surface area contributed by atoms with Crippen molar-refractivity contribution < 1.29 is 9.47 Å². The maximum atomic E-state index is 5.80. The van der Waals surface area contributed by atoms with E-state index >= 15 is 0 Å². The van der Waals surface area contributed by atoms with Gasteiger partial charge < -0.3 is 20.5 Å². The Morgan fingerprint density at radius 2 is 2.18 bits per heavy atom. The number of nitrogens with one attached hydrogen (secondary N) is 1. The number of hydrogen-bond acceptors (Lipinski definition) is 3. The second kappa shape index (κ2) is 7.50. The van der Waals surface area contributed by atoms with E-state index in [0.717, 1.165) is 45.4 Å². The maximum Gasteiger partial charge on any atom is 0.188 e. The third kappa shape index (κ3) is 4.91. The zero-order chi connectivity index (χ0) is 12.6. The Labute approximate surface area is 104 Å². The maximum absolute atomic E-state index is 5.80. The Morgan fingerprint density at radius 1 is 1.47 bits per heavy atom. The molecule has 17 heavy (non-hydrogen) atoms. The Morgan fingerprint density at radius 3 is 2.76 bits per heavy atom. The highest BCUT2D eigenvalue weighted by Crippen LogP contribution is 2.24. The van der Waals surface area contributed by atoms with Crippen molar-refractivity contribution in [3.05, 3.63) is 0 Å². The van der Waals surface area contributed by atoms with E-state index in [9.17, 15) is 0 Å². The summed E-state index contributed by atoms with van der Waals surface area (Å²) in [5.74, 6) is 0.515. The minimum Gasteiger partial charge on any atom is -0.381 e. The highest BCUT2D eigenvalue weighted by Gasteiger charge is 2.32. The molecule has 0 radical (unpaired) electrons. The molecule has 0 aliphatic carbocycles. The molecule has 0 spiro atoms. The molecule has 1 aliphatic heterocycles. The van der Waals surface area contributed by atoms with Crippen molar-refractivity contribution in [3.8, 4) is 0 Å². The van der Waals surface area contributed by atoms with Crippen molar-refractivity contribution >= 4 is 5.96 Å². The number of guanidine groups is 1. The van der Waals surface area contributed by atoms with Crippen LogP contribution >= 0.6 is 0 Å². The van der Waals surface area contributed by atoms with Crippen LogP contribution in [0.15, 0.2) is 4.99 Å². The first-order valence-corrected chi connectivity index (χ1v) is 6.39. The molecule has 0 aromatic rings. The molecule has 0 saturated carbocycles. The van der Waals surface area contributed by atoms with Gasteiger partial charge in [-0.15, -0.1) is 0 Å². The normalized spacial score (nSPS) is 20.2. The number of methoxy groups -OCH3 is 1. The van der Waals surface area contributed by atoms with E-state index in [2.05, 4.69) is 17.2 Å². The first kappa shape index (κ1) is 14.3. The number of nitrogens with zero attached hydrogens (tertiary/aromatic N) is 1. The quantitative estimate of drug-likeness (QED) is 0.413. The average Bonchev–Trinajstić information content (AvgIpc) is 2.38. The van der Waals surface area contributed by atoms with Gasteiger partial charge in [0, 0.05) is 39.7 Å². The van der Waals surface area contributed by atoms with Crippen molar-refractivity contribution in [3.63, 3.8) is 0 Å². The Bertz CT molecular complexity index is 238. The molecule has 0 unspecified atom stereocenters. The summed E-state index contributed by atoms with van der Waals surface area (Å²) in [4.78, 5) is 4.37. The van der Waals surface area contributed by atoms with E-state index in [1.54, 1.807) is 7.11 Å². The topological polar surface area (TPSA) is 68.9 Å². The van der Waals surface area contributed by atoms with Crippen LogP contribution in [0.4, 0.5) is 0 Å². The second-order valence-corrected chi connectivity index (χ2v) is 4.48. The van der Waals surface area contributed by atoms with Crippen LogP contribution in [0.2, 0.25) is 0 Å². The van der Waals surface area contributed by atoms with Gasteiger partial charge in [-0.05, 0) is 6.42 Å². The third-order valence-corrected chi connectivity index (χ3v) is 3.21. The van der Waals surface area contributed by atoms with Crippen LogP contribution in [0.1, 0.15) is 32.6 Å². The fraction of sp³-hybridized carbons (Fsp3) is 0.917. The summed E-state index contributed by atoms with van der Waals surface area (Å²) in [6.07, 6.45) is 4.03.